The lowest BCUT2D eigenvalue weighted by Crippen LogP contribution is -2.46. The van der Waals surface area contributed by atoms with Gasteiger partial charge in [0, 0.05) is 26.2 Å². The number of nitrogens with one attached hydrogen (secondary N) is 1. The summed E-state index contributed by atoms with van der Waals surface area (Å²) >= 11 is 0. The average Bonchev–Trinajstić information content (AvgIpc) is 2.36. The van der Waals surface area contributed by atoms with Crippen LogP contribution in [0.25, 0.3) is 0 Å². The molecular weight excluding hydrogens is 273 g/mol. The van der Waals surface area contributed by atoms with Gasteiger partial charge in [-0.1, -0.05) is 0 Å². The maximum absolute atomic E-state index is 12.8. The molecule has 5 nitrogen and oxygen atoms in total. The normalized spacial score (nSPS) is 23.8. The molecule has 0 bridgehead atoms. The van der Waals surface area contributed by atoms with Gasteiger partial charge in [0.05, 0.1) is 12.2 Å². The molecule has 0 saturated carbocycles. The highest BCUT2D eigenvalue weighted by Gasteiger charge is 2.36. The molecule has 112 valence electrons. The highest BCUT2D eigenvalue weighted by atomic mass is 19.4. The third kappa shape index (κ3) is 3.30. The van der Waals surface area contributed by atoms with Gasteiger partial charge in [0.25, 0.3) is 0 Å². The van der Waals surface area contributed by atoms with Crippen molar-refractivity contribution < 1.29 is 17.9 Å². The first-order valence-electron chi connectivity index (χ1n) is 6.34. The summed E-state index contributed by atoms with van der Waals surface area (Å²) < 4.78 is 44.0. The molecule has 0 spiro atoms. The van der Waals surface area contributed by atoms with Crippen molar-refractivity contribution in [2.45, 2.75) is 32.2 Å². The van der Waals surface area contributed by atoms with E-state index in [0.717, 1.165) is 0 Å². The van der Waals surface area contributed by atoms with E-state index < -0.39 is 12.0 Å². The van der Waals surface area contributed by atoms with Crippen LogP contribution in [-0.2, 0) is 10.9 Å². The highest BCUT2D eigenvalue weighted by Crippen LogP contribution is 2.30. The summed E-state index contributed by atoms with van der Waals surface area (Å²) in [5.41, 5.74) is 0. The Kier molecular flexibility index (Phi) is 4.03. The number of ether oxygens (including phenoxy) is 1. The Bertz CT molecular complexity index is 470. The van der Waals surface area contributed by atoms with Crippen LogP contribution in [0.3, 0.4) is 0 Å². The predicted octanol–water partition coefficient (Wildman–Crippen LogP) is 2.15. The second-order valence-corrected chi connectivity index (χ2v) is 4.85. The van der Waals surface area contributed by atoms with Gasteiger partial charge in [0.1, 0.15) is 11.6 Å². The summed E-state index contributed by atoms with van der Waals surface area (Å²) in [5, 5.41) is 2.63. The fourth-order valence-corrected chi connectivity index (χ4v) is 2.22. The van der Waals surface area contributed by atoms with Crippen molar-refractivity contribution in [3.8, 4) is 0 Å². The number of hydrogen-bond donors (Lipinski definition) is 1. The Labute approximate surface area is 115 Å². The van der Waals surface area contributed by atoms with Crippen LogP contribution >= 0.6 is 0 Å². The third-order valence-electron chi connectivity index (χ3n) is 2.97. The fourth-order valence-electron chi connectivity index (χ4n) is 2.22. The van der Waals surface area contributed by atoms with E-state index in [-0.39, 0.29) is 23.8 Å². The van der Waals surface area contributed by atoms with Gasteiger partial charge in [-0.2, -0.15) is 13.2 Å². The third-order valence-corrected chi connectivity index (χ3v) is 2.97. The molecule has 1 aliphatic heterocycles. The maximum Gasteiger partial charge on any atom is 0.451 e. The van der Waals surface area contributed by atoms with E-state index in [1.807, 2.05) is 13.8 Å². The molecule has 0 amide bonds. The molecule has 0 aromatic carbocycles. The number of anilines is 2. The smallest absolute Gasteiger partial charge is 0.373 e. The van der Waals surface area contributed by atoms with E-state index in [1.165, 1.54) is 13.1 Å². The minimum atomic E-state index is -4.56. The molecule has 0 aliphatic carbocycles. The zero-order valence-electron chi connectivity index (χ0n) is 11.5. The summed E-state index contributed by atoms with van der Waals surface area (Å²) in [6, 6.07) is 1.51. The summed E-state index contributed by atoms with van der Waals surface area (Å²) in [7, 11) is 1.52. The van der Waals surface area contributed by atoms with Gasteiger partial charge in [-0.25, -0.2) is 9.97 Å². The van der Waals surface area contributed by atoms with Crippen LogP contribution < -0.4 is 10.2 Å². The molecular formula is C12H17F3N4O. The highest BCUT2D eigenvalue weighted by molar-refractivity contribution is 5.50. The van der Waals surface area contributed by atoms with Gasteiger partial charge >= 0.3 is 6.18 Å². The van der Waals surface area contributed by atoms with E-state index in [1.54, 1.807) is 4.90 Å². The topological polar surface area (TPSA) is 50.3 Å². The van der Waals surface area contributed by atoms with Crippen molar-refractivity contribution in [2.75, 3.05) is 30.4 Å². The fraction of sp³-hybridized carbons (Fsp3) is 0.667. The molecule has 1 aromatic heterocycles. The number of aromatic nitrogens is 2. The lowest BCUT2D eigenvalue weighted by atomic mass is 10.2. The SMILES string of the molecule is CNc1cc(N2CC(C)OC(C)C2)nc(C(F)(F)F)n1. The Morgan fingerprint density at radius 1 is 1.25 bits per heavy atom. The Morgan fingerprint density at radius 2 is 1.85 bits per heavy atom. The predicted molar refractivity (Wildman–Crippen MR) is 68.8 cm³/mol. The molecule has 2 unspecified atom stereocenters. The lowest BCUT2D eigenvalue weighted by Gasteiger charge is -2.36. The summed E-state index contributed by atoms with van der Waals surface area (Å²) in [5.74, 6) is -0.723. The Morgan fingerprint density at radius 3 is 2.35 bits per heavy atom. The van der Waals surface area contributed by atoms with Gasteiger partial charge < -0.3 is 15.0 Å². The van der Waals surface area contributed by atoms with E-state index in [9.17, 15) is 13.2 Å². The van der Waals surface area contributed by atoms with E-state index in [2.05, 4.69) is 15.3 Å². The van der Waals surface area contributed by atoms with Crippen molar-refractivity contribution in [1.82, 2.24) is 9.97 Å². The number of rotatable bonds is 2. The Hall–Kier alpha value is -1.57. The van der Waals surface area contributed by atoms with Crippen molar-refractivity contribution in [3.05, 3.63) is 11.9 Å². The number of hydrogen-bond acceptors (Lipinski definition) is 5. The van der Waals surface area contributed by atoms with Gasteiger partial charge in [0.15, 0.2) is 0 Å². The van der Waals surface area contributed by atoms with Gasteiger partial charge in [-0.05, 0) is 13.8 Å². The first-order chi connectivity index (χ1) is 9.29. The van der Waals surface area contributed by atoms with Crippen molar-refractivity contribution in [1.29, 1.82) is 0 Å². The minimum absolute atomic E-state index is 0.0545. The van der Waals surface area contributed by atoms with Gasteiger partial charge in [-0.3, -0.25) is 0 Å². The van der Waals surface area contributed by atoms with Crippen molar-refractivity contribution in [2.24, 2.45) is 0 Å². The summed E-state index contributed by atoms with van der Waals surface area (Å²) in [6.45, 7) is 4.77. The molecule has 1 aromatic rings. The van der Waals surface area contributed by atoms with Gasteiger partial charge in [-0.15, -0.1) is 0 Å². The van der Waals surface area contributed by atoms with Crippen LogP contribution in [0.2, 0.25) is 0 Å². The van der Waals surface area contributed by atoms with Crippen LogP contribution in [0, 0.1) is 0 Å². The minimum Gasteiger partial charge on any atom is -0.373 e. The molecule has 20 heavy (non-hydrogen) atoms. The molecule has 1 fully saturated rings. The van der Waals surface area contributed by atoms with Crippen LogP contribution in [0.1, 0.15) is 19.7 Å². The van der Waals surface area contributed by atoms with Crippen molar-refractivity contribution >= 4 is 11.6 Å². The largest absolute Gasteiger partial charge is 0.451 e. The quantitative estimate of drug-likeness (QED) is 0.904. The van der Waals surface area contributed by atoms with E-state index >= 15 is 0 Å². The van der Waals surface area contributed by atoms with Crippen molar-refractivity contribution in [3.63, 3.8) is 0 Å². The van der Waals surface area contributed by atoms with Crippen LogP contribution in [0.15, 0.2) is 6.07 Å². The average molecular weight is 290 g/mol. The second kappa shape index (κ2) is 5.43. The molecule has 1 N–H and O–H groups in total. The van der Waals surface area contributed by atoms with Crippen LogP contribution in [0.4, 0.5) is 24.8 Å². The van der Waals surface area contributed by atoms with Crippen LogP contribution in [-0.4, -0.2) is 42.3 Å². The molecule has 1 saturated heterocycles. The van der Waals surface area contributed by atoms with E-state index in [4.69, 9.17) is 4.74 Å². The first kappa shape index (κ1) is 14.8. The molecule has 2 atom stereocenters. The number of alkyl halides is 3. The lowest BCUT2D eigenvalue weighted by molar-refractivity contribution is -0.144. The maximum atomic E-state index is 12.8. The second-order valence-electron chi connectivity index (χ2n) is 4.85. The number of halogens is 3. The number of morpholine rings is 1. The Balaban J connectivity index is 2.35. The monoisotopic (exact) mass is 290 g/mol. The molecule has 0 radical (unpaired) electrons. The number of nitrogens with zero attached hydrogens (tertiary/aromatic N) is 3. The first-order valence-corrected chi connectivity index (χ1v) is 6.34. The zero-order valence-corrected chi connectivity index (χ0v) is 11.5. The molecule has 8 heteroatoms. The van der Waals surface area contributed by atoms with E-state index in [0.29, 0.717) is 13.1 Å². The van der Waals surface area contributed by atoms with Crippen LogP contribution in [0.5, 0.6) is 0 Å². The molecule has 2 heterocycles. The summed E-state index contributed by atoms with van der Waals surface area (Å²) in [6.07, 6.45) is -4.67. The zero-order chi connectivity index (χ0) is 14.9. The van der Waals surface area contributed by atoms with Gasteiger partial charge in [0.2, 0.25) is 5.82 Å². The summed E-state index contributed by atoms with van der Waals surface area (Å²) in [4.78, 5) is 8.88. The standard InChI is InChI=1S/C12H17F3N4O/c1-7-5-19(6-8(2)20-7)10-4-9(16-3)17-11(18-10)12(13,14)15/h4,7-8H,5-6H2,1-3H3,(H,16,17,18). The molecule has 1 aliphatic rings. The molecule has 2 rings (SSSR count).